The van der Waals surface area contributed by atoms with E-state index in [9.17, 15) is 0 Å². The van der Waals surface area contributed by atoms with Gasteiger partial charge in [-0.3, -0.25) is 0 Å². The summed E-state index contributed by atoms with van der Waals surface area (Å²) in [4.78, 5) is 0. The molecule has 3 unspecified atom stereocenters. The van der Waals surface area contributed by atoms with Gasteiger partial charge in [0.2, 0.25) is 0 Å². The Hall–Kier alpha value is -0.260. The lowest BCUT2D eigenvalue weighted by Gasteiger charge is -2.62. The predicted molar refractivity (Wildman–Crippen MR) is 83.1 cm³/mol. The Morgan fingerprint density at radius 1 is 1.21 bits per heavy atom. The van der Waals surface area contributed by atoms with Crippen LogP contribution in [0.4, 0.5) is 0 Å². The van der Waals surface area contributed by atoms with Crippen LogP contribution in [-0.4, -0.2) is 0 Å². The fraction of sp³-hybridized carbons (Fsp3) is 0.895. The van der Waals surface area contributed by atoms with E-state index in [2.05, 4.69) is 27.4 Å². The smallest absolute Gasteiger partial charge is 0.0229 e. The molecule has 0 saturated heterocycles. The minimum atomic E-state index is 0.623. The first-order valence-electron chi connectivity index (χ1n) is 8.68. The second-order valence-corrected chi connectivity index (χ2v) is 8.25. The van der Waals surface area contributed by atoms with Crippen LogP contribution in [0.2, 0.25) is 0 Å². The summed E-state index contributed by atoms with van der Waals surface area (Å²) in [5.41, 5.74) is 2.81. The maximum absolute atomic E-state index is 4.34. The van der Waals surface area contributed by atoms with Crippen LogP contribution in [0.25, 0.3) is 0 Å². The topological polar surface area (TPSA) is 0 Å². The van der Waals surface area contributed by atoms with E-state index in [-0.39, 0.29) is 0 Å². The highest BCUT2D eigenvalue weighted by Crippen LogP contribution is 2.66. The maximum atomic E-state index is 4.34. The monoisotopic (exact) mass is 260 g/mol. The second-order valence-electron chi connectivity index (χ2n) is 8.25. The van der Waals surface area contributed by atoms with Crippen molar-refractivity contribution in [1.29, 1.82) is 0 Å². The molecule has 0 spiro atoms. The van der Waals surface area contributed by atoms with Crippen LogP contribution in [0.3, 0.4) is 0 Å². The zero-order valence-electron chi connectivity index (χ0n) is 13.3. The highest BCUT2D eigenvalue weighted by Gasteiger charge is 2.57. The first-order chi connectivity index (χ1) is 9.02. The van der Waals surface area contributed by atoms with Crippen LogP contribution >= 0.6 is 0 Å². The van der Waals surface area contributed by atoms with Crippen LogP contribution < -0.4 is 0 Å². The van der Waals surface area contributed by atoms with Gasteiger partial charge in [-0.1, -0.05) is 45.8 Å². The Labute approximate surface area is 120 Å². The highest BCUT2D eigenvalue weighted by atomic mass is 14.6. The molecule has 3 aliphatic carbocycles. The van der Waals surface area contributed by atoms with Gasteiger partial charge >= 0.3 is 0 Å². The quantitative estimate of drug-likeness (QED) is 0.509. The number of hydrogen-bond acceptors (Lipinski definition) is 0. The molecule has 0 amide bonds. The second kappa shape index (κ2) is 4.64. The van der Waals surface area contributed by atoms with Gasteiger partial charge in [-0.2, -0.15) is 0 Å². The SMILES string of the molecule is C=C1CCC2[C@](CC)(CCC3C(C)CCC[C@]32C)C1. The van der Waals surface area contributed by atoms with E-state index in [1.54, 1.807) is 5.57 Å². The average molecular weight is 260 g/mol. The third-order valence-electron chi connectivity index (χ3n) is 7.49. The normalized spacial score (nSPS) is 50.5. The van der Waals surface area contributed by atoms with Crippen molar-refractivity contribution >= 4 is 0 Å². The third kappa shape index (κ3) is 1.93. The van der Waals surface area contributed by atoms with Crippen molar-refractivity contribution in [3.8, 4) is 0 Å². The highest BCUT2D eigenvalue weighted by molar-refractivity contribution is 5.14. The lowest BCUT2D eigenvalue weighted by molar-refractivity contribution is -0.119. The molecule has 3 saturated carbocycles. The summed E-state index contributed by atoms with van der Waals surface area (Å²) >= 11 is 0. The van der Waals surface area contributed by atoms with Crippen molar-refractivity contribution in [2.75, 3.05) is 0 Å². The lowest BCUT2D eigenvalue weighted by Crippen LogP contribution is -2.54. The van der Waals surface area contributed by atoms with Crippen molar-refractivity contribution in [3.05, 3.63) is 12.2 Å². The molecule has 0 aromatic rings. The molecule has 5 atom stereocenters. The standard InChI is InChI=1S/C19H32/c1-5-19-12-10-16-15(3)7-6-11-18(16,4)17(19)9-8-14(2)13-19/h15-17H,2,5-13H2,1,3-4H3/t15?,16?,17?,18-,19-/m1/s1. The fourth-order valence-electron chi connectivity index (χ4n) is 6.54. The molecule has 3 rings (SSSR count). The zero-order chi connectivity index (χ0) is 13.7. The van der Waals surface area contributed by atoms with Crippen molar-refractivity contribution in [2.24, 2.45) is 28.6 Å². The van der Waals surface area contributed by atoms with Crippen LogP contribution in [0.15, 0.2) is 12.2 Å². The fourth-order valence-corrected chi connectivity index (χ4v) is 6.54. The van der Waals surface area contributed by atoms with Crippen molar-refractivity contribution in [2.45, 2.75) is 78.6 Å². The predicted octanol–water partition coefficient (Wildman–Crippen LogP) is 5.98. The van der Waals surface area contributed by atoms with E-state index in [0.29, 0.717) is 10.8 Å². The Kier molecular flexibility index (Phi) is 3.35. The molecule has 0 aromatic heterocycles. The van der Waals surface area contributed by atoms with Crippen LogP contribution in [-0.2, 0) is 0 Å². The Bertz CT molecular complexity index is 368. The molecule has 0 aliphatic heterocycles. The van der Waals surface area contributed by atoms with Gasteiger partial charge in [0, 0.05) is 0 Å². The van der Waals surface area contributed by atoms with E-state index >= 15 is 0 Å². The van der Waals surface area contributed by atoms with Gasteiger partial charge in [-0.25, -0.2) is 0 Å². The van der Waals surface area contributed by atoms with Gasteiger partial charge < -0.3 is 0 Å². The molecule has 108 valence electrons. The molecule has 0 aromatic carbocycles. The third-order valence-corrected chi connectivity index (χ3v) is 7.49. The van der Waals surface area contributed by atoms with Gasteiger partial charge in [0.1, 0.15) is 0 Å². The van der Waals surface area contributed by atoms with Gasteiger partial charge in [0.25, 0.3) is 0 Å². The molecule has 3 aliphatic rings. The average Bonchev–Trinajstić information content (AvgIpc) is 2.38. The largest absolute Gasteiger partial charge is 0.0998 e. The van der Waals surface area contributed by atoms with Gasteiger partial charge in [-0.15, -0.1) is 0 Å². The number of allylic oxidation sites excluding steroid dienone is 1. The molecule has 0 bridgehead atoms. The molecular formula is C19H32. The van der Waals surface area contributed by atoms with E-state index in [4.69, 9.17) is 0 Å². The number of rotatable bonds is 1. The van der Waals surface area contributed by atoms with Crippen molar-refractivity contribution in [3.63, 3.8) is 0 Å². The van der Waals surface area contributed by atoms with Crippen LogP contribution in [0.1, 0.15) is 78.6 Å². The molecule has 0 N–H and O–H groups in total. The molecule has 0 nitrogen and oxygen atoms in total. The zero-order valence-corrected chi connectivity index (χ0v) is 13.3. The van der Waals surface area contributed by atoms with Crippen molar-refractivity contribution in [1.82, 2.24) is 0 Å². The van der Waals surface area contributed by atoms with Gasteiger partial charge in [-0.05, 0) is 73.5 Å². The van der Waals surface area contributed by atoms with Gasteiger partial charge in [0.15, 0.2) is 0 Å². The van der Waals surface area contributed by atoms with E-state index in [1.165, 1.54) is 57.8 Å². The number of hydrogen-bond donors (Lipinski definition) is 0. The summed E-state index contributed by atoms with van der Waals surface area (Å²) in [5.74, 6) is 2.97. The van der Waals surface area contributed by atoms with Crippen LogP contribution in [0, 0.1) is 28.6 Å². The first kappa shape index (κ1) is 13.7. The summed E-state index contributed by atoms with van der Waals surface area (Å²) in [6.45, 7) is 12.0. The number of fused-ring (bicyclic) bond motifs is 3. The minimum absolute atomic E-state index is 0.623. The molecule has 3 fully saturated rings. The van der Waals surface area contributed by atoms with Gasteiger partial charge in [0.05, 0.1) is 0 Å². The summed E-state index contributed by atoms with van der Waals surface area (Å²) < 4.78 is 0. The summed E-state index contributed by atoms with van der Waals surface area (Å²) in [6, 6.07) is 0. The Morgan fingerprint density at radius 2 is 2.00 bits per heavy atom. The molecular weight excluding hydrogens is 228 g/mol. The molecule has 19 heavy (non-hydrogen) atoms. The van der Waals surface area contributed by atoms with Crippen molar-refractivity contribution < 1.29 is 0 Å². The van der Waals surface area contributed by atoms with Crippen LogP contribution in [0.5, 0.6) is 0 Å². The summed E-state index contributed by atoms with van der Waals surface area (Å²) in [6.07, 6.45) is 12.9. The van der Waals surface area contributed by atoms with E-state index in [0.717, 1.165) is 17.8 Å². The molecule has 0 radical (unpaired) electrons. The summed E-state index contributed by atoms with van der Waals surface area (Å²) in [5, 5.41) is 0. The Morgan fingerprint density at radius 3 is 2.74 bits per heavy atom. The molecule has 0 heterocycles. The minimum Gasteiger partial charge on any atom is -0.0998 e. The van der Waals surface area contributed by atoms with E-state index < -0.39 is 0 Å². The molecule has 0 heteroatoms. The first-order valence-corrected chi connectivity index (χ1v) is 8.68. The Balaban J connectivity index is 1.96. The maximum Gasteiger partial charge on any atom is -0.0229 e. The lowest BCUT2D eigenvalue weighted by atomic mass is 9.42. The summed E-state index contributed by atoms with van der Waals surface area (Å²) in [7, 11) is 0. The van der Waals surface area contributed by atoms with E-state index in [1.807, 2.05) is 0 Å².